The molecule has 0 aliphatic carbocycles. The minimum atomic E-state index is -0.0355. The molecule has 0 heterocycles. The summed E-state index contributed by atoms with van der Waals surface area (Å²) in [5.41, 5.74) is 1.71. The highest BCUT2D eigenvalue weighted by molar-refractivity contribution is 5.94. The van der Waals surface area contributed by atoms with Crippen molar-refractivity contribution in [2.75, 3.05) is 20.1 Å². The van der Waals surface area contributed by atoms with Crippen molar-refractivity contribution in [2.24, 2.45) is 0 Å². The van der Waals surface area contributed by atoms with Crippen LogP contribution < -0.4 is 15.4 Å². The van der Waals surface area contributed by atoms with E-state index in [0.717, 1.165) is 24.3 Å². The van der Waals surface area contributed by atoms with Gasteiger partial charge in [0.1, 0.15) is 12.4 Å². The molecule has 1 amide bonds. The summed E-state index contributed by atoms with van der Waals surface area (Å²) in [5.74, 6) is 0.806. The normalized spacial score (nSPS) is 9.78. The van der Waals surface area contributed by atoms with Crippen molar-refractivity contribution in [3.63, 3.8) is 0 Å². The van der Waals surface area contributed by atoms with Crippen LogP contribution in [0.2, 0.25) is 0 Å². The third kappa shape index (κ3) is 6.72. The summed E-state index contributed by atoms with van der Waals surface area (Å²) in [6.45, 7) is 2.07. The number of nitrogens with one attached hydrogen (secondary N) is 2. The lowest BCUT2D eigenvalue weighted by molar-refractivity contribution is 0.0953. The molecule has 2 aromatic rings. The highest BCUT2D eigenvalue weighted by Crippen LogP contribution is 2.12. The minimum absolute atomic E-state index is 0. The Kier molecular flexibility index (Phi) is 8.80. The van der Waals surface area contributed by atoms with Crippen LogP contribution in [0.25, 0.3) is 0 Å². The Labute approximate surface area is 143 Å². The van der Waals surface area contributed by atoms with Crippen molar-refractivity contribution in [3.8, 4) is 5.75 Å². The van der Waals surface area contributed by atoms with Crippen LogP contribution in [0.1, 0.15) is 22.3 Å². The van der Waals surface area contributed by atoms with Gasteiger partial charge in [0, 0.05) is 12.1 Å². The lowest BCUT2D eigenvalue weighted by Crippen LogP contribution is -2.26. The van der Waals surface area contributed by atoms with Gasteiger partial charge in [0.15, 0.2) is 0 Å². The zero-order valence-electron chi connectivity index (χ0n) is 13.2. The molecular formula is C18H23ClN2O2. The lowest BCUT2D eigenvalue weighted by atomic mass is 10.1. The number of carbonyl (C=O) groups is 1. The molecule has 0 fully saturated rings. The maximum absolute atomic E-state index is 11.9. The van der Waals surface area contributed by atoms with E-state index in [2.05, 4.69) is 10.6 Å². The summed E-state index contributed by atoms with van der Waals surface area (Å²) in [7, 11) is 1.90. The van der Waals surface area contributed by atoms with Crippen molar-refractivity contribution in [1.29, 1.82) is 0 Å². The van der Waals surface area contributed by atoms with Gasteiger partial charge in [-0.3, -0.25) is 4.79 Å². The first-order valence-electron chi connectivity index (χ1n) is 7.49. The molecular weight excluding hydrogens is 312 g/mol. The lowest BCUT2D eigenvalue weighted by Gasteiger charge is -2.08. The molecule has 23 heavy (non-hydrogen) atoms. The largest absolute Gasteiger partial charge is 0.489 e. The highest BCUT2D eigenvalue weighted by atomic mass is 35.5. The summed E-state index contributed by atoms with van der Waals surface area (Å²) in [6.07, 6.45) is 0.922. The van der Waals surface area contributed by atoms with E-state index in [1.54, 1.807) is 0 Å². The van der Waals surface area contributed by atoms with E-state index < -0.39 is 0 Å². The second kappa shape index (κ2) is 10.6. The fourth-order valence-corrected chi connectivity index (χ4v) is 2.00. The number of rotatable bonds is 8. The highest BCUT2D eigenvalue weighted by Gasteiger charge is 2.04. The summed E-state index contributed by atoms with van der Waals surface area (Å²) in [6, 6.07) is 17.2. The van der Waals surface area contributed by atoms with Crippen LogP contribution in [-0.4, -0.2) is 26.0 Å². The van der Waals surface area contributed by atoms with E-state index >= 15 is 0 Å². The molecule has 0 radical (unpaired) electrons. The number of carbonyl (C=O) groups excluding carboxylic acids is 1. The number of para-hydroxylation sites is 1. The number of halogens is 1. The van der Waals surface area contributed by atoms with Gasteiger partial charge < -0.3 is 15.4 Å². The van der Waals surface area contributed by atoms with Crippen LogP contribution >= 0.6 is 12.4 Å². The Bertz CT molecular complexity index is 573. The van der Waals surface area contributed by atoms with Gasteiger partial charge in [-0.2, -0.15) is 0 Å². The van der Waals surface area contributed by atoms with Gasteiger partial charge in [0.25, 0.3) is 5.91 Å². The van der Waals surface area contributed by atoms with Crippen molar-refractivity contribution in [1.82, 2.24) is 10.6 Å². The van der Waals surface area contributed by atoms with Crippen molar-refractivity contribution >= 4 is 18.3 Å². The number of hydrogen-bond acceptors (Lipinski definition) is 3. The number of amides is 1. The van der Waals surface area contributed by atoms with Gasteiger partial charge in [-0.25, -0.2) is 0 Å². The Morgan fingerprint density at radius 3 is 2.35 bits per heavy atom. The second-order valence-corrected chi connectivity index (χ2v) is 5.01. The zero-order valence-corrected chi connectivity index (χ0v) is 14.1. The summed E-state index contributed by atoms with van der Waals surface area (Å²) in [4.78, 5) is 11.9. The summed E-state index contributed by atoms with van der Waals surface area (Å²) in [5, 5.41) is 5.95. The predicted molar refractivity (Wildman–Crippen MR) is 95.3 cm³/mol. The standard InChI is InChI=1S/C18H22N2O2.ClH/c1-19-12-5-13-20-18(21)16-10-8-15(9-11-16)14-22-17-6-3-2-4-7-17;/h2-4,6-11,19H,5,12-14H2,1H3,(H,20,21);1H. The molecule has 0 aromatic heterocycles. The molecule has 0 spiro atoms. The van der Waals surface area contributed by atoms with E-state index in [9.17, 15) is 4.79 Å². The maximum Gasteiger partial charge on any atom is 0.251 e. The molecule has 0 atom stereocenters. The van der Waals surface area contributed by atoms with E-state index in [1.807, 2.05) is 61.6 Å². The summed E-state index contributed by atoms with van der Waals surface area (Å²) >= 11 is 0. The quantitative estimate of drug-likeness (QED) is 0.730. The second-order valence-electron chi connectivity index (χ2n) is 5.01. The Morgan fingerprint density at radius 2 is 1.70 bits per heavy atom. The Morgan fingerprint density at radius 1 is 1.00 bits per heavy atom. The molecule has 0 unspecified atom stereocenters. The third-order valence-corrected chi connectivity index (χ3v) is 3.25. The van der Waals surface area contributed by atoms with Gasteiger partial charge in [0.2, 0.25) is 0 Å². The number of hydrogen-bond donors (Lipinski definition) is 2. The van der Waals surface area contributed by atoms with E-state index in [0.29, 0.717) is 18.7 Å². The van der Waals surface area contributed by atoms with Crippen LogP contribution in [0.4, 0.5) is 0 Å². The average Bonchev–Trinajstić information content (AvgIpc) is 2.58. The van der Waals surface area contributed by atoms with Gasteiger partial charge >= 0.3 is 0 Å². The van der Waals surface area contributed by atoms with E-state index in [1.165, 1.54) is 0 Å². The molecule has 2 rings (SSSR count). The fourth-order valence-electron chi connectivity index (χ4n) is 2.00. The average molecular weight is 335 g/mol. The molecule has 5 heteroatoms. The van der Waals surface area contributed by atoms with Crippen LogP contribution in [0.3, 0.4) is 0 Å². The molecule has 0 aliphatic rings. The summed E-state index contributed by atoms with van der Waals surface area (Å²) < 4.78 is 5.68. The first-order chi connectivity index (χ1) is 10.8. The Balaban J connectivity index is 0.00000264. The predicted octanol–water partition coefficient (Wildman–Crippen LogP) is 3.03. The number of benzene rings is 2. The molecule has 0 saturated carbocycles. The molecule has 0 saturated heterocycles. The van der Waals surface area contributed by atoms with Gasteiger partial charge in [-0.05, 0) is 49.8 Å². The van der Waals surface area contributed by atoms with Crippen LogP contribution in [0.5, 0.6) is 5.75 Å². The molecule has 4 nitrogen and oxygen atoms in total. The molecule has 0 bridgehead atoms. The molecule has 2 N–H and O–H groups in total. The molecule has 124 valence electrons. The first kappa shape index (κ1) is 19.0. The first-order valence-corrected chi connectivity index (χ1v) is 7.49. The smallest absolute Gasteiger partial charge is 0.251 e. The topological polar surface area (TPSA) is 50.4 Å². The number of ether oxygens (including phenoxy) is 1. The zero-order chi connectivity index (χ0) is 15.6. The van der Waals surface area contributed by atoms with Crippen molar-refractivity contribution in [3.05, 3.63) is 65.7 Å². The fraction of sp³-hybridized carbons (Fsp3) is 0.278. The van der Waals surface area contributed by atoms with Crippen molar-refractivity contribution < 1.29 is 9.53 Å². The van der Waals surface area contributed by atoms with Crippen LogP contribution in [0, 0.1) is 0 Å². The Hall–Kier alpha value is -2.04. The SMILES string of the molecule is CNCCCNC(=O)c1ccc(COc2ccccc2)cc1.Cl. The van der Waals surface area contributed by atoms with E-state index in [-0.39, 0.29) is 18.3 Å². The molecule has 2 aromatic carbocycles. The van der Waals surface area contributed by atoms with Gasteiger partial charge in [-0.1, -0.05) is 30.3 Å². The minimum Gasteiger partial charge on any atom is -0.489 e. The van der Waals surface area contributed by atoms with E-state index in [4.69, 9.17) is 4.74 Å². The maximum atomic E-state index is 11.9. The van der Waals surface area contributed by atoms with Crippen LogP contribution in [0.15, 0.2) is 54.6 Å². The van der Waals surface area contributed by atoms with Crippen LogP contribution in [-0.2, 0) is 6.61 Å². The molecule has 0 aliphatic heterocycles. The monoisotopic (exact) mass is 334 g/mol. The van der Waals surface area contributed by atoms with Gasteiger partial charge in [0.05, 0.1) is 0 Å². The van der Waals surface area contributed by atoms with Gasteiger partial charge in [-0.15, -0.1) is 12.4 Å². The van der Waals surface area contributed by atoms with Crippen molar-refractivity contribution in [2.45, 2.75) is 13.0 Å². The third-order valence-electron chi connectivity index (χ3n) is 3.25.